The number of hydrogen-bond acceptors (Lipinski definition) is 4. The molecule has 1 aromatic carbocycles. The molecular weight excluding hydrogens is 308 g/mol. The van der Waals surface area contributed by atoms with Crippen molar-refractivity contribution in [3.05, 3.63) is 52.0 Å². The van der Waals surface area contributed by atoms with E-state index in [1.54, 1.807) is 0 Å². The van der Waals surface area contributed by atoms with Crippen LogP contribution in [0.1, 0.15) is 40.0 Å². The third kappa shape index (κ3) is 3.16. The topological polar surface area (TPSA) is 42.4 Å². The minimum Gasteiger partial charge on any atom is -0.366 e. The number of ether oxygens (including phenoxy) is 1. The van der Waals surface area contributed by atoms with Crippen molar-refractivity contribution >= 4 is 17.2 Å². The zero-order valence-corrected chi connectivity index (χ0v) is 14.0. The Kier molecular flexibility index (Phi) is 3.91. The molecule has 0 bridgehead atoms. The van der Waals surface area contributed by atoms with Crippen LogP contribution in [0.3, 0.4) is 0 Å². The van der Waals surface area contributed by atoms with Crippen molar-refractivity contribution in [1.29, 1.82) is 0 Å². The van der Waals surface area contributed by atoms with Crippen molar-refractivity contribution in [2.45, 2.75) is 32.0 Å². The molecule has 2 atom stereocenters. The summed E-state index contributed by atoms with van der Waals surface area (Å²) in [7, 11) is 0. The highest BCUT2D eigenvalue weighted by Gasteiger charge is 2.40. The van der Waals surface area contributed by atoms with Gasteiger partial charge in [-0.15, -0.1) is 11.3 Å². The Bertz CT molecular complexity index is 696. The lowest BCUT2D eigenvalue weighted by Crippen LogP contribution is -2.47. The molecule has 23 heavy (non-hydrogen) atoms. The molecule has 1 saturated carbocycles. The molecule has 0 unspecified atom stereocenters. The quantitative estimate of drug-likeness (QED) is 0.867. The SMILES string of the molecule is Cc1nc(C(=O)N2C[C@@H](c3ccccc3)O[C@@H](C3CC3)C2)cs1. The average molecular weight is 328 g/mol. The predicted octanol–water partition coefficient (Wildman–Crippen LogP) is 3.44. The van der Waals surface area contributed by atoms with Gasteiger partial charge in [-0.2, -0.15) is 0 Å². The van der Waals surface area contributed by atoms with Gasteiger partial charge in [-0.1, -0.05) is 30.3 Å². The zero-order valence-electron chi connectivity index (χ0n) is 13.1. The highest BCUT2D eigenvalue weighted by Crippen LogP contribution is 2.39. The first-order valence-electron chi connectivity index (χ1n) is 8.12. The van der Waals surface area contributed by atoms with Crippen LogP contribution >= 0.6 is 11.3 Å². The number of carbonyl (C=O) groups is 1. The lowest BCUT2D eigenvalue weighted by Gasteiger charge is -2.38. The number of carbonyl (C=O) groups excluding carboxylic acids is 1. The molecule has 4 rings (SSSR count). The monoisotopic (exact) mass is 328 g/mol. The van der Waals surface area contributed by atoms with Crippen LogP contribution in [0.5, 0.6) is 0 Å². The molecule has 0 radical (unpaired) electrons. The van der Waals surface area contributed by atoms with Crippen LogP contribution in [0.25, 0.3) is 0 Å². The Labute approximate surface area is 140 Å². The predicted molar refractivity (Wildman–Crippen MR) is 89.5 cm³/mol. The lowest BCUT2D eigenvalue weighted by molar-refractivity contribution is -0.0864. The lowest BCUT2D eigenvalue weighted by atomic mass is 10.0. The molecular formula is C18H20N2O2S. The summed E-state index contributed by atoms with van der Waals surface area (Å²) in [5.41, 5.74) is 1.71. The van der Waals surface area contributed by atoms with Gasteiger partial charge < -0.3 is 9.64 Å². The van der Waals surface area contributed by atoms with E-state index in [2.05, 4.69) is 17.1 Å². The maximum atomic E-state index is 12.8. The van der Waals surface area contributed by atoms with Crippen molar-refractivity contribution < 1.29 is 9.53 Å². The molecule has 2 aliphatic rings. The number of aryl methyl sites for hydroxylation is 1. The molecule has 0 N–H and O–H groups in total. The van der Waals surface area contributed by atoms with Crippen LogP contribution < -0.4 is 0 Å². The summed E-state index contributed by atoms with van der Waals surface area (Å²) in [5.74, 6) is 0.637. The molecule has 2 aromatic rings. The number of morpholine rings is 1. The van der Waals surface area contributed by atoms with Crippen molar-refractivity contribution in [2.24, 2.45) is 5.92 Å². The summed E-state index contributed by atoms with van der Waals surface area (Å²) in [6.07, 6.45) is 2.53. The Hall–Kier alpha value is -1.72. The van der Waals surface area contributed by atoms with E-state index in [0.29, 0.717) is 24.7 Å². The summed E-state index contributed by atoms with van der Waals surface area (Å²) < 4.78 is 6.31. The first kappa shape index (κ1) is 14.8. The Morgan fingerprint density at radius 1 is 1.26 bits per heavy atom. The van der Waals surface area contributed by atoms with E-state index in [1.807, 2.05) is 35.4 Å². The fourth-order valence-corrected chi connectivity index (χ4v) is 3.75. The Balaban J connectivity index is 1.57. The number of aromatic nitrogens is 1. The van der Waals surface area contributed by atoms with Gasteiger partial charge in [-0.05, 0) is 31.2 Å². The number of hydrogen-bond donors (Lipinski definition) is 0. The van der Waals surface area contributed by atoms with Crippen LogP contribution in [0.2, 0.25) is 0 Å². The second kappa shape index (κ2) is 6.06. The summed E-state index contributed by atoms with van der Waals surface area (Å²) in [5, 5.41) is 2.79. The molecule has 4 nitrogen and oxygen atoms in total. The summed E-state index contributed by atoms with van der Waals surface area (Å²) >= 11 is 1.52. The second-order valence-corrected chi connectivity index (χ2v) is 7.44. The summed E-state index contributed by atoms with van der Waals surface area (Å²) in [4.78, 5) is 19.1. The first-order valence-corrected chi connectivity index (χ1v) is 9.00. The molecule has 2 heterocycles. The van der Waals surface area contributed by atoms with E-state index in [-0.39, 0.29) is 18.1 Å². The van der Waals surface area contributed by atoms with E-state index < -0.39 is 0 Å². The summed E-state index contributed by atoms with van der Waals surface area (Å²) in [6.45, 7) is 3.21. The van der Waals surface area contributed by atoms with Crippen molar-refractivity contribution in [2.75, 3.05) is 13.1 Å². The molecule has 1 aliphatic heterocycles. The molecule has 1 amide bonds. The van der Waals surface area contributed by atoms with Crippen LogP contribution in [0.15, 0.2) is 35.7 Å². The zero-order chi connectivity index (χ0) is 15.8. The maximum absolute atomic E-state index is 12.8. The molecule has 0 spiro atoms. The number of nitrogens with zero attached hydrogens (tertiary/aromatic N) is 2. The van der Waals surface area contributed by atoms with Gasteiger partial charge >= 0.3 is 0 Å². The van der Waals surface area contributed by atoms with E-state index in [9.17, 15) is 4.79 Å². The normalized spacial score (nSPS) is 24.7. The van der Waals surface area contributed by atoms with E-state index >= 15 is 0 Å². The smallest absolute Gasteiger partial charge is 0.273 e. The van der Waals surface area contributed by atoms with E-state index in [0.717, 1.165) is 10.6 Å². The molecule has 2 fully saturated rings. The van der Waals surface area contributed by atoms with Crippen LogP contribution in [0.4, 0.5) is 0 Å². The summed E-state index contributed by atoms with van der Waals surface area (Å²) in [6, 6.07) is 10.2. The highest BCUT2D eigenvalue weighted by atomic mass is 32.1. The highest BCUT2D eigenvalue weighted by molar-refractivity contribution is 7.09. The van der Waals surface area contributed by atoms with Crippen LogP contribution in [-0.2, 0) is 4.74 Å². The number of rotatable bonds is 3. The van der Waals surface area contributed by atoms with Crippen molar-refractivity contribution in [3.63, 3.8) is 0 Å². The van der Waals surface area contributed by atoms with Gasteiger partial charge in [0.1, 0.15) is 11.8 Å². The van der Waals surface area contributed by atoms with Gasteiger partial charge in [-0.25, -0.2) is 4.98 Å². The minimum absolute atomic E-state index is 0.0317. The third-order valence-electron chi connectivity index (χ3n) is 4.57. The average Bonchev–Trinajstić information content (AvgIpc) is 3.36. The largest absolute Gasteiger partial charge is 0.366 e. The van der Waals surface area contributed by atoms with Gasteiger partial charge in [0.2, 0.25) is 0 Å². The molecule has 1 aromatic heterocycles. The molecule has 1 aliphatic carbocycles. The molecule has 5 heteroatoms. The fraction of sp³-hybridized carbons (Fsp3) is 0.444. The van der Waals surface area contributed by atoms with Crippen molar-refractivity contribution in [3.8, 4) is 0 Å². The number of thiazole rings is 1. The Morgan fingerprint density at radius 2 is 2.04 bits per heavy atom. The maximum Gasteiger partial charge on any atom is 0.273 e. The Morgan fingerprint density at radius 3 is 2.70 bits per heavy atom. The van der Waals surface area contributed by atoms with Crippen LogP contribution in [0, 0.1) is 12.8 Å². The number of amides is 1. The minimum atomic E-state index is -0.0424. The molecule has 120 valence electrons. The first-order chi connectivity index (χ1) is 11.2. The van der Waals surface area contributed by atoms with E-state index in [1.165, 1.54) is 24.2 Å². The number of benzene rings is 1. The third-order valence-corrected chi connectivity index (χ3v) is 5.34. The van der Waals surface area contributed by atoms with Crippen LogP contribution in [-0.4, -0.2) is 35.0 Å². The van der Waals surface area contributed by atoms with Gasteiger partial charge in [-0.3, -0.25) is 4.79 Å². The fourth-order valence-electron chi connectivity index (χ4n) is 3.16. The van der Waals surface area contributed by atoms with E-state index in [4.69, 9.17) is 4.74 Å². The standard InChI is InChI=1S/C18H20N2O2S/c1-12-19-15(11-23-12)18(21)20-9-16(13-5-3-2-4-6-13)22-17(10-20)14-7-8-14/h2-6,11,14,16-17H,7-10H2,1H3/t16-,17+/m0/s1. The van der Waals surface area contributed by atoms with Gasteiger partial charge in [0.15, 0.2) is 0 Å². The van der Waals surface area contributed by atoms with Gasteiger partial charge in [0, 0.05) is 11.9 Å². The second-order valence-electron chi connectivity index (χ2n) is 6.37. The van der Waals surface area contributed by atoms with Gasteiger partial charge in [0.25, 0.3) is 5.91 Å². The van der Waals surface area contributed by atoms with Crippen molar-refractivity contribution in [1.82, 2.24) is 9.88 Å². The van der Waals surface area contributed by atoms with Gasteiger partial charge in [0.05, 0.1) is 17.7 Å². The molecule has 1 saturated heterocycles.